The summed E-state index contributed by atoms with van der Waals surface area (Å²) in [7, 11) is 1.56. The van der Waals surface area contributed by atoms with Gasteiger partial charge < -0.3 is 15.4 Å². The van der Waals surface area contributed by atoms with Crippen LogP contribution in [0.5, 0.6) is 5.75 Å². The summed E-state index contributed by atoms with van der Waals surface area (Å²) in [4.78, 5) is 20.1. The lowest BCUT2D eigenvalue weighted by Gasteiger charge is -2.08. The summed E-state index contributed by atoms with van der Waals surface area (Å²) in [5.41, 5.74) is 1.07. The number of nitrogens with zero attached hydrogens (tertiary/aromatic N) is 2. The first-order valence-corrected chi connectivity index (χ1v) is 7.27. The van der Waals surface area contributed by atoms with E-state index in [1.807, 2.05) is 6.07 Å². The lowest BCUT2D eigenvalue weighted by molar-refractivity contribution is 0.0945. The van der Waals surface area contributed by atoms with Crippen molar-refractivity contribution in [3.8, 4) is 5.75 Å². The van der Waals surface area contributed by atoms with E-state index in [1.54, 1.807) is 19.2 Å². The number of rotatable bonds is 5. The fourth-order valence-corrected chi connectivity index (χ4v) is 2.15. The summed E-state index contributed by atoms with van der Waals surface area (Å²) in [5, 5.41) is 6.44. The van der Waals surface area contributed by atoms with Gasteiger partial charge in [-0.2, -0.15) is 0 Å². The van der Waals surface area contributed by atoms with Crippen LogP contribution < -0.4 is 15.4 Å². The van der Waals surface area contributed by atoms with Crippen molar-refractivity contribution >= 4 is 29.0 Å². The Balaban J connectivity index is 1.67. The second-order valence-electron chi connectivity index (χ2n) is 5.01. The summed E-state index contributed by atoms with van der Waals surface area (Å²) >= 11 is 6.06. The summed E-state index contributed by atoms with van der Waals surface area (Å²) in [6, 6.07) is 5.61. The first-order valence-electron chi connectivity index (χ1n) is 6.89. The molecule has 22 heavy (non-hydrogen) atoms. The molecule has 1 saturated carbocycles. The molecule has 1 fully saturated rings. The minimum absolute atomic E-state index is 0.186. The van der Waals surface area contributed by atoms with Gasteiger partial charge in [0.25, 0.3) is 5.91 Å². The summed E-state index contributed by atoms with van der Waals surface area (Å²) in [5.74, 6) is 0.948. The molecule has 0 saturated heterocycles. The van der Waals surface area contributed by atoms with Gasteiger partial charge in [-0.25, -0.2) is 9.97 Å². The highest BCUT2D eigenvalue weighted by Crippen LogP contribution is 2.28. The third-order valence-corrected chi connectivity index (χ3v) is 3.52. The monoisotopic (exact) mass is 318 g/mol. The van der Waals surface area contributed by atoms with Gasteiger partial charge in [0.05, 0.1) is 24.5 Å². The van der Waals surface area contributed by atoms with Crippen LogP contribution in [0.3, 0.4) is 0 Å². The van der Waals surface area contributed by atoms with Crippen LogP contribution in [0, 0.1) is 0 Å². The zero-order valence-corrected chi connectivity index (χ0v) is 12.7. The maximum Gasteiger partial charge on any atom is 0.271 e. The molecule has 3 rings (SSSR count). The molecule has 1 aromatic carbocycles. The Labute approximate surface area is 132 Å². The molecular weight excluding hydrogens is 304 g/mol. The smallest absolute Gasteiger partial charge is 0.271 e. The molecule has 1 aliphatic carbocycles. The quantitative estimate of drug-likeness (QED) is 0.886. The topological polar surface area (TPSA) is 76.1 Å². The first-order chi connectivity index (χ1) is 10.7. The molecular formula is C15H15ClN4O2. The van der Waals surface area contributed by atoms with Crippen LogP contribution >= 0.6 is 11.6 Å². The van der Waals surface area contributed by atoms with Crippen LogP contribution in [0.25, 0.3) is 0 Å². The second kappa shape index (κ2) is 6.19. The standard InChI is InChI=1S/C15H15ClN4O2/c1-22-13-5-4-10(6-11(13)16)19-14-8-17-12(7-18-14)15(21)20-9-2-3-9/h4-9H,2-3H2,1H3,(H,18,19)(H,20,21). The third-order valence-electron chi connectivity index (χ3n) is 3.22. The molecule has 6 nitrogen and oxygen atoms in total. The van der Waals surface area contributed by atoms with Crippen LogP contribution in [-0.2, 0) is 0 Å². The van der Waals surface area contributed by atoms with Gasteiger partial charge in [0, 0.05) is 11.7 Å². The average Bonchev–Trinajstić information content (AvgIpc) is 3.32. The van der Waals surface area contributed by atoms with Crippen molar-refractivity contribution in [2.45, 2.75) is 18.9 Å². The SMILES string of the molecule is COc1ccc(Nc2cnc(C(=O)NC3CC3)cn2)cc1Cl. The van der Waals surface area contributed by atoms with E-state index in [0.717, 1.165) is 18.5 Å². The summed E-state index contributed by atoms with van der Waals surface area (Å²) in [6.45, 7) is 0. The number of halogens is 1. The molecule has 1 aliphatic rings. The van der Waals surface area contributed by atoms with Gasteiger partial charge in [-0.3, -0.25) is 4.79 Å². The van der Waals surface area contributed by atoms with Gasteiger partial charge in [0.2, 0.25) is 0 Å². The summed E-state index contributed by atoms with van der Waals surface area (Å²) < 4.78 is 5.10. The van der Waals surface area contributed by atoms with Gasteiger partial charge in [0.15, 0.2) is 0 Å². The van der Waals surface area contributed by atoms with E-state index >= 15 is 0 Å². The predicted octanol–water partition coefficient (Wildman–Crippen LogP) is 2.77. The fourth-order valence-electron chi connectivity index (χ4n) is 1.89. The maximum absolute atomic E-state index is 11.8. The van der Waals surface area contributed by atoms with E-state index in [-0.39, 0.29) is 5.91 Å². The van der Waals surface area contributed by atoms with Crippen LogP contribution in [0.1, 0.15) is 23.3 Å². The largest absolute Gasteiger partial charge is 0.495 e. The van der Waals surface area contributed by atoms with Crippen molar-refractivity contribution < 1.29 is 9.53 Å². The zero-order valence-electron chi connectivity index (χ0n) is 12.0. The highest BCUT2D eigenvalue weighted by Gasteiger charge is 2.24. The Morgan fingerprint density at radius 3 is 2.73 bits per heavy atom. The fraction of sp³-hybridized carbons (Fsp3) is 0.267. The Morgan fingerprint density at radius 2 is 2.14 bits per heavy atom. The summed E-state index contributed by atoms with van der Waals surface area (Å²) in [6.07, 6.45) is 5.04. The van der Waals surface area contributed by atoms with E-state index in [0.29, 0.717) is 28.3 Å². The lowest BCUT2D eigenvalue weighted by Crippen LogP contribution is -2.26. The molecule has 1 heterocycles. The Hall–Kier alpha value is -2.34. The maximum atomic E-state index is 11.8. The Bertz CT molecular complexity index is 686. The molecule has 0 aliphatic heterocycles. The van der Waals surface area contributed by atoms with Gasteiger partial charge in [-0.05, 0) is 31.0 Å². The van der Waals surface area contributed by atoms with Crippen molar-refractivity contribution in [1.82, 2.24) is 15.3 Å². The van der Waals surface area contributed by atoms with Gasteiger partial charge in [0.1, 0.15) is 17.3 Å². The Morgan fingerprint density at radius 1 is 1.32 bits per heavy atom. The number of carbonyl (C=O) groups is 1. The van der Waals surface area contributed by atoms with Crippen molar-refractivity contribution in [2.24, 2.45) is 0 Å². The molecule has 1 amide bonds. The number of carbonyl (C=O) groups excluding carboxylic acids is 1. The molecule has 1 aromatic heterocycles. The molecule has 0 atom stereocenters. The number of benzene rings is 1. The number of nitrogens with one attached hydrogen (secondary N) is 2. The van der Waals surface area contributed by atoms with Crippen molar-refractivity contribution in [3.05, 3.63) is 41.3 Å². The van der Waals surface area contributed by atoms with E-state index in [4.69, 9.17) is 16.3 Å². The third kappa shape index (κ3) is 3.46. The molecule has 7 heteroatoms. The number of amides is 1. The van der Waals surface area contributed by atoms with Gasteiger partial charge in [-0.1, -0.05) is 11.6 Å². The van der Waals surface area contributed by atoms with Crippen molar-refractivity contribution in [3.63, 3.8) is 0 Å². The second-order valence-corrected chi connectivity index (χ2v) is 5.42. The van der Waals surface area contributed by atoms with E-state index in [9.17, 15) is 4.79 Å². The minimum Gasteiger partial charge on any atom is -0.495 e. The van der Waals surface area contributed by atoms with Crippen LogP contribution in [0.4, 0.5) is 11.5 Å². The highest BCUT2D eigenvalue weighted by atomic mass is 35.5. The molecule has 2 aromatic rings. The molecule has 0 bridgehead atoms. The van der Waals surface area contributed by atoms with Crippen LogP contribution in [-0.4, -0.2) is 29.0 Å². The van der Waals surface area contributed by atoms with E-state index < -0.39 is 0 Å². The molecule has 114 valence electrons. The molecule has 0 spiro atoms. The normalized spacial score (nSPS) is 13.5. The minimum atomic E-state index is -0.186. The average molecular weight is 319 g/mol. The van der Waals surface area contributed by atoms with Gasteiger partial charge >= 0.3 is 0 Å². The molecule has 2 N–H and O–H groups in total. The number of hydrogen-bond acceptors (Lipinski definition) is 5. The molecule has 0 radical (unpaired) electrons. The number of methoxy groups -OCH3 is 1. The number of ether oxygens (including phenoxy) is 1. The van der Waals surface area contributed by atoms with Gasteiger partial charge in [-0.15, -0.1) is 0 Å². The molecule has 0 unspecified atom stereocenters. The zero-order chi connectivity index (χ0) is 15.5. The number of hydrogen-bond donors (Lipinski definition) is 2. The van der Waals surface area contributed by atoms with Crippen LogP contribution in [0.2, 0.25) is 5.02 Å². The van der Waals surface area contributed by atoms with Crippen molar-refractivity contribution in [1.29, 1.82) is 0 Å². The van der Waals surface area contributed by atoms with E-state index in [2.05, 4.69) is 20.6 Å². The number of anilines is 2. The highest BCUT2D eigenvalue weighted by molar-refractivity contribution is 6.32. The first kappa shape index (κ1) is 14.6. The lowest BCUT2D eigenvalue weighted by atomic mass is 10.3. The van der Waals surface area contributed by atoms with E-state index in [1.165, 1.54) is 12.4 Å². The Kier molecular flexibility index (Phi) is 4.11. The predicted molar refractivity (Wildman–Crippen MR) is 83.8 cm³/mol. The van der Waals surface area contributed by atoms with Crippen molar-refractivity contribution in [2.75, 3.05) is 12.4 Å². The number of aromatic nitrogens is 2. The van der Waals surface area contributed by atoms with Crippen LogP contribution in [0.15, 0.2) is 30.6 Å².